The van der Waals surface area contributed by atoms with Gasteiger partial charge in [-0.1, -0.05) is 17.7 Å². The van der Waals surface area contributed by atoms with Crippen LogP contribution in [0.15, 0.2) is 41.3 Å². The van der Waals surface area contributed by atoms with Crippen LogP contribution in [0.1, 0.15) is 16.7 Å². The molecule has 0 saturated carbocycles. The molecule has 3 rings (SSSR count). The molecule has 1 fully saturated rings. The largest absolute Gasteiger partial charge is 0.369 e. The van der Waals surface area contributed by atoms with E-state index < -0.39 is 10.0 Å². The van der Waals surface area contributed by atoms with Crippen LogP contribution in [0.4, 0.5) is 10.1 Å². The summed E-state index contributed by atoms with van der Waals surface area (Å²) in [6, 6.07) is 10.3. The van der Waals surface area contributed by atoms with Crippen LogP contribution >= 0.6 is 0 Å². The number of halogens is 1. The van der Waals surface area contributed by atoms with E-state index in [2.05, 4.69) is 14.5 Å². The highest BCUT2D eigenvalue weighted by Crippen LogP contribution is 2.21. The first-order valence-electron chi connectivity index (χ1n) is 9.56. The molecule has 152 valence electrons. The predicted molar refractivity (Wildman–Crippen MR) is 111 cm³/mol. The number of nitrogens with zero attached hydrogens (tertiary/aromatic N) is 2. The highest BCUT2D eigenvalue weighted by molar-refractivity contribution is 7.89. The second-order valence-electron chi connectivity index (χ2n) is 7.43. The van der Waals surface area contributed by atoms with E-state index in [-0.39, 0.29) is 5.82 Å². The minimum atomic E-state index is -3.52. The van der Waals surface area contributed by atoms with Crippen LogP contribution < -0.4 is 9.62 Å². The first-order valence-corrected chi connectivity index (χ1v) is 11.0. The van der Waals surface area contributed by atoms with Gasteiger partial charge in [0.25, 0.3) is 0 Å². The summed E-state index contributed by atoms with van der Waals surface area (Å²) in [5.41, 5.74) is 3.64. The van der Waals surface area contributed by atoms with Crippen LogP contribution in [0, 0.1) is 26.6 Å². The van der Waals surface area contributed by atoms with Gasteiger partial charge in [0, 0.05) is 45.0 Å². The molecule has 2 aromatic carbocycles. The Morgan fingerprint density at radius 3 is 2.11 bits per heavy atom. The van der Waals surface area contributed by atoms with Crippen LogP contribution in [0.2, 0.25) is 0 Å². The number of aryl methyl sites for hydroxylation is 3. The van der Waals surface area contributed by atoms with Crippen LogP contribution in [-0.4, -0.2) is 52.6 Å². The molecule has 1 saturated heterocycles. The number of benzene rings is 2. The van der Waals surface area contributed by atoms with Gasteiger partial charge in [-0.05, 0) is 56.2 Å². The minimum Gasteiger partial charge on any atom is -0.369 e. The topological polar surface area (TPSA) is 52.7 Å². The van der Waals surface area contributed by atoms with Gasteiger partial charge in [-0.25, -0.2) is 17.5 Å². The zero-order chi connectivity index (χ0) is 20.3. The molecule has 1 aliphatic heterocycles. The van der Waals surface area contributed by atoms with E-state index >= 15 is 0 Å². The maximum absolute atomic E-state index is 13.1. The lowest BCUT2D eigenvalue weighted by Gasteiger charge is -2.36. The van der Waals surface area contributed by atoms with Gasteiger partial charge in [0.2, 0.25) is 10.0 Å². The van der Waals surface area contributed by atoms with Gasteiger partial charge < -0.3 is 4.90 Å². The summed E-state index contributed by atoms with van der Waals surface area (Å²) in [7, 11) is -3.52. The highest BCUT2D eigenvalue weighted by atomic mass is 32.2. The molecule has 0 aromatic heterocycles. The summed E-state index contributed by atoms with van der Waals surface area (Å²) in [6.45, 7) is 10.1. The molecule has 7 heteroatoms. The Morgan fingerprint density at radius 2 is 1.54 bits per heavy atom. The number of sulfonamides is 1. The van der Waals surface area contributed by atoms with Gasteiger partial charge in [-0.2, -0.15) is 0 Å². The number of hydrogen-bond acceptors (Lipinski definition) is 4. The van der Waals surface area contributed by atoms with Gasteiger partial charge in [0.05, 0.1) is 4.90 Å². The molecular weight excluding hydrogens is 377 g/mol. The molecule has 5 nitrogen and oxygen atoms in total. The first-order chi connectivity index (χ1) is 13.3. The SMILES string of the molecule is Cc1cc(C)c(S(=O)(=O)NCCN2CCN(c3ccc(F)cc3)CC2)c(C)c1. The fourth-order valence-electron chi connectivity index (χ4n) is 3.88. The van der Waals surface area contributed by atoms with Crippen LogP contribution in [0.25, 0.3) is 0 Å². The van der Waals surface area contributed by atoms with E-state index in [1.165, 1.54) is 12.1 Å². The lowest BCUT2D eigenvalue weighted by Crippen LogP contribution is -2.48. The van der Waals surface area contributed by atoms with Crippen molar-refractivity contribution in [3.05, 3.63) is 58.9 Å². The summed E-state index contributed by atoms with van der Waals surface area (Å²) in [5.74, 6) is -0.228. The Balaban J connectivity index is 1.51. The summed E-state index contributed by atoms with van der Waals surface area (Å²) >= 11 is 0. The molecular formula is C21H28FN3O2S. The fourth-order valence-corrected chi connectivity index (χ4v) is 5.35. The van der Waals surface area contributed by atoms with Crippen LogP contribution in [-0.2, 0) is 10.0 Å². The molecule has 1 aliphatic rings. The Labute approximate surface area is 167 Å². The number of rotatable bonds is 6. The summed E-state index contributed by atoms with van der Waals surface area (Å²) in [4.78, 5) is 4.86. The van der Waals surface area contributed by atoms with E-state index in [9.17, 15) is 12.8 Å². The Morgan fingerprint density at radius 1 is 0.964 bits per heavy atom. The van der Waals surface area contributed by atoms with E-state index in [1.54, 1.807) is 12.1 Å². The van der Waals surface area contributed by atoms with Crippen molar-refractivity contribution in [1.82, 2.24) is 9.62 Å². The van der Waals surface area contributed by atoms with Crippen molar-refractivity contribution in [2.24, 2.45) is 0 Å². The van der Waals surface area contributed by atoms with Crippen molar-refractivity contribution in [3.8, 4) is 0 Å². The van der Waals surface area contributed by atoms with Crippen molar-refractivity contribution in [3.63, 3.8) is 0 Å². The van der Waals surface area contributed by atoms with E-state index in [0.717, 1.165) is 48.6 Å². The van der Waals surface area contributed by atoms with Gasteiger partial charge >= 0.3 is 0 Å². The highest BCUT2D eigenvalue weighted by Gasteiger charge is 2.21. The number of anilines is 1. The predicted octanol–water partition coefficient (Wildman–Crippen LogP) is 2.85. The Bertz CT molecular complexity index is 898. The number of hydrogen-bond donors (Lipinski definition) is 1. The monoisotopic (exact) mass is 405 g/mol. The molecule has 1 N–H and O–H groups in total. The summed E-state index contributed by atoms with van der Waals surface area (Å²) in [5, 5.41) is 0. The molecule has 0 spiro atoms. The van der Waals surface area contributed by atoms with Gasteiger partial charge in [0.1, 0.15) is 5.82 Å². The summed E-state index contributed by atoms with van der Waals surface area (Å²) in [6.07, 6.45) is 0. The third-order valence-corrected chi connectivity index (χ3v) is 6.92. The second kappa shape index (κ2) is 8.59. The quantitative estimate of drug-likeness (QED) is 0.803. The molecule has 1 heterocycles. The maximum Gasteiger partial charge on any atom is 0.241 e. The van der Waals surface area contributed by atoms with Gasteiger partial charge in [-0.3, -0.25) is 4.90 Å². The molecule has 28 heavy (non-hydrogen) atoms. The smallest absolute Gasteiger partial charge is 0.241 e. The zero-order valence-corrected chi connectivity index (χ0v) is 17.5. The molecule has 0 aliphatic carbocycles. The molecule has 0 unspecified atom stereocenters. The van der Waals surface area contributed by atoms with Crippen molar-refractivity contribution in [1.29, 1.82) is 0 Å². The van der Waals surface area contributed by atoms with Crippen molar-refractivity contribution in [2.75, 3.05) is 44.2 Å². The van der Waals surface area contributed by atoms with E-state index in [4.69, 9.17) is 0 Å². The third-order valence-electron chi connectivity index (χ3n) is 5.16. The lowest BCUT2D eigenvalue weighted by atomic mass is 10.1. The third kappa shape index (κ3) is 4.90. The second-order valence-corrected chi connectivity index (χ2v) is 9.13. The van der Waals surface area contributed by atoms with E-state index in [1.807, 2.05) is 32.9 Å². The summed E-state index contributed by atoms with van der Waals surface area (Å²) < 4.78 is 41.3. The van der Waals surface area contributed by atoms with Gasteiger partial charge in [-0.15, -0.1) is 0 Å². The standard InChI is InChI=1S/C21H28FN3O2S/c1-16-14-17(2)21(18(3)15-16)28(26,27)23-8-9-24-10-12-25(13-11-24)20-6-4-19(22)5-7-20/h4-7,14-15,23H,8-13H2,1-3H3. The van der Waals surface area contributed by atoms with Crippen molar-refractivity contribution < 1.29 is 12.8 Å². The van der Waals surface area contributed by atoms with Crippen LogP contribution in [0.3, 0.4) is 0 Å². The fraction of sp³-hybridized carbons (Fsp3) is 0.429. The average molecular weight is 406 g/mol. The lowest BCUT2D eigenvalue weighted by molar-refractivity contribution is 0.262. The molecule has 0 bridgehead atoms. The Hall–Kier alpha value is -1.96. The minimum absolute atomic E-state index is 0.228. The van der Waals surface area contributed by atoms with Crippen molar-refractivity contribution >= 4 is 15.7 Å². The van der Waals surface area contributed by atoms with E-state index in [0.29, 0.717) is 18.0 Å². The first kappa shape index (κ1) is 20.8. The van der Waals surface area contributed by atoms with Crippen molar-refractivity contribution in [2.45, 2.75) is 25.7 Å². The normalized spacial score (nSPS) is 15.8. The van der Waals surface area contributed by atoms with Crippen LogP contribution in [0.5, 0.6) is 0 Å². The maximum atomic E-state index is 13.1. The molecule has 0 radical (unpaired) electrons. The number of nitrogens with one attached hydrogen (secondary N) is 1. The molecule has 0 amide bonds. The Kier molecular flexibility index (Phi) is 6.37. The molecule has 0 atom stereocenters. The molecule has 2 aromatic rings. The average Bonchev–Trinajstić information content (AvgIpc) is 2.62. The van der Waals surface area contributed by atoms with Gasteiger partial charge in [0.15, 0.2) is 0 Å². The zero-order valence-electron chi connectivity index (χ0n) is 16.7. The number of piperazine rings is 1.